The van der Waals surface area contributed by atoms with Gasteiger partial charge in [-0.15, -0.1) is 0 Å². The average molecular weight is 425 g/mol. The van der Waals surface area contributed by atoms with Gasteiger partial charge in [-0.3, -0.25) is 0 Å². The van der Waals surface area contributed by atoms with E-state index in [0.29, 0.717) is 0 Å². The fraction of sp³-hybridized carbons (Fsp3) is 0.167. The van der Waals surface area contributed by atoms with Gasteiger partial charge in [-0.1, -0.05) is 0 Å². The van der Waals surface area contributed by atoms with Gasteiger partial charge in [-0.25, -0.2) is 9.97 Å². The molecular weight excluding hydrogens is 403 g/mol. The van der Waals surface area contributed by atoms with Gasteiger partial charge in [0.15, 0.2) is 0 Å². The molecule has 2 aliphatic heterocycles. The van der Waals surface area contributed by atoms with Crippen molar-refractivity contribution in [1.29, 1.82) is 0 Å². The van der Waals surface area contributed by atoms with Gasteiger partial charge in [0.25, 0.3) is 0 Å². The van der Waals surface area contributed by atoms with Crippen molar-refractivity contribution in [2.24, 2.45) is 0 Å². The topological polar surface area (TPSA) is 57.4 Å². The van der Waals surface area contributed by atoms with Gasteiger partial charge in [0.1, 0.15) is 0 Å². The molecule has 2 N–H and O–H groups in total. The number of aromatic nitrogens is 4. The first-order chi connectivity index (χ1) is 13.5. The molecule has 5 rings (SSSR count). The van der Waals surface area contributed by atoms with Crippen LogP contribution in [0.15, 0.2) is 24.3 Å². The summed E-state index contributed by atoms with van der Waals surface area (Å²) >= 11 is 0. The molecule has 0 spiro atoms. The third-order valence-electron chi connectivity index (χ3n) is 5.80. The number of fused-ring (bicyclic) bond motifs is 8. The van der Waals surface area contributed by atoms with Crippen LogP contribution < -0.4 is 0 Å². The van der Waals surface area contributed by atoms with E-state index < -0.39 is 0 Å². The van der Waals surface area contributed by atoms with Crippen LogP contribution in [-0.4, -0.2) is 19.9 Å². The summed E-state index contributed by atoms with van der Waals surface area (Å²) in [5, 5.41) is 0. The molecule has 0 aliphatic carbocycles. The molecule has 0 radical (unpaired) electrons. The van der Waals surface area contributed by atoms with Crippen LogP contribution in [0.2, 0.25) is 0 Å². The summed E-state index contributed by atoms with van der Waals surface area (Å²) in [7, 11) is 0. The molecule has 3 aromatic rings. The Kier molecular flexibility index (Phi) is 4.80. The summed E-state index contributed by atoms with van der Waals surface area (Å²) in [5.41, 5.74) is 12.9. The summed E-state index contributed by atoms with van der Waals surface area (Å²) in [6.07, 6.45) is 8.33. The summed E-state index contributed by atoms with van der Waals surface area (Å²) in [6, 6.07) is 8.52. The average Bonchev–Trinajstić information content (AvgIpc) is 3.49. The van der Waals surface area contributed by atoms with Crippen molar-refractivity contribution < 1.29 is 16.5 Å². The zero-order valence-corrected chi connectivity index (χ0v) is 17.8. The van der Waals surface area contributed by atoms with Gasteiger partial charge in [0, 0.05) is 44.1 Å². The molecule has 0 saturated heterocycles. The summed E-state index contributed by atoms with van der Waals surface area (Å²) in [5.74, 6) is 0. The standard InChI is InChI=1S/C24H22N4.Ni/c1-13-17-5-7-19(25-17)14(2)21-9-11-23(27-21)16(4)24-12-10-22(28-24)15(3)20-8-6-18(13)26-20;/h5-12,25-26H,1-4H3;. The first-order valence-corrected chi connectivity index (χ1v) is 9.54. The van der Waals surface area contributed by atoms with E-state index in [1.807, 2.05) is 0 Å². The Morgan fingerprint density at radius 2 is 0.793 bits per heavy atom. The predicted molar refractivity (Wildman–Crippen MR) is 118 cm³/mol. The first-order valence-electron chi connectivity index (χ1n) is 9.54. The molecule has 0 atom stereocenters. The fourth-order valence-electron chi connectivity index (χ4n) is 3.78. The van der Waals surface area contributed by atoms with E-state index >= 15 is 0 Å². The van der Waals surface area contributed by atoms with Gasteiger partial charge in [0.05, 0.1) is 22.8 Å². The zero-order valence-electron chi connectivity index (χ0n) is 16.8. The molecule has 0 aromatic carbocycles. The van der Waals surface area contributed by atoms with Crippen LogP contribution in [0.5, 0.6) is 0 Å². The van der Waals surface area contributed by atoms with Crippen LogP contribution in [-0.2, 0) is 16.5 Å². The third kappa shape index (κ3) is 3.16. The molecule has 5 heterocycles. The molecule has 0 fully saturated rings. The van der Waals surface area contributed by atoms with E-state index in [0.717, 1.165) is 61.5 Å². The molecule has 0 saturated carbocycles. The summed E-state index contributed by atoms with van der Waals surface area (Å²) < 4.78 is 0. The molecule has 148 valence electrons. The van der Waals surface area contributed by atoms with Crippen molar-refractivity contribution in [3.8, 4) is 0 Å². The van der Waals surface area contributed by atoms with Crippen LogP contribution in [0.3, 0.4) is 0 Å². The number of rotatable bonds is 0. The smallest absolute Gasteiger partial charge is 0.0688 e. The van der Waals surface area contributed by atoms with Crippen LogP contribution in [0, 0.1) is 27.7 Å². The molecular formula is C24H22N4Ni. The Hall–Kier alpha value is -2.91. The van der Waals surface area contributed by atoms with Crippen LogP contribution in [0.4, 0.5) is 0 Å². The largest absolute Gasteiger partial charge is 0.355 e. The second-order valence-corrected chi connectivity index (χ2v) is 7.50. The van der Waals surface area contributed by atoms with Gasteiger partial charge in [-0.2, -0.15) is 0 Å². The predicted octanol–water partition coefficient (Wildman–Crippen LogP) is 5.89. The fourth-order valence-corrected chi connectivity index (χ4v) is 3.78. The van der Waals surface area contributed by atoms with Gasteiger partial charge in [0.2, 0.25) is 0 Å². The Morgan fingerprint density at radius 3 is 1.17 bits per heavy atom. The van der Waals surface area contributed by atoms with E-state index in [2.05, 4.69) is 86.2 Å². The maximum Gasteiger partial charge on any atom is 0.0688 e. The van der Waals surface area contributed by atoms with Gasteiger partial charge < -0.3 is 9.97 Å². The monoisotopic (exact) mass is 424 g/mol. The van der Waals surface area contributed by atoms with E-state index in [1.165, 1.54) is 5.56 Å². The number of aryl methyl sites for hydroxylation is 3. The van der Waals surface area contributed by atoms with Gasteiger partial charge in [-0.05, 0) is 93.0 Å². The second kappa shape index (κ2) is 7.16. The number of hydrogen-bond acceptors (Lipinski definition) is 2. The Labute approximate surface area is 179 Å². The molecule has 29 heavy (non-hydrogen) atoms. The molecule has 2 aliphatic rings. The Bertz CT molecular complexity index is 1250. The van der Waals surface area contributed by atoms with Gasteiger partial charge >= 0.3 is 0 Å². The number of nitrogens with zero attached hydrogens (tertiary/aromatic N) is 2. The number of H-pyrrole nitrogens is 2. The van der Waals surface area contributed by atoms with E-state index in [4.69, 9.17) is 9.97 Å². The van der Waals surface area contributed by atoms with Crippen LogP contribution >= 0.6 is 0 Å². The number of aromatic amines is 2. The maximum atomic E-state index is 4.86. The molecule has 5 heteroatoms. The van der Waals surface area contributed by atoms with Crippen molar-refractivity contribution >= 4 is 46.4 Å². The van der Waals surface area contributed by atoms with Crippen molar-refractivity contribution in [2.45, 2.75) is 27.7 Å². The number of hydrogen-bond donors (Lipinski definition) is 2. The minimum absolute atomic E-state index is 0. The van der Waals surface area contributed by atoms with Crippen molar-refractivity contribution in [2.75, 3.05) is 0 Å². The summed E-state index contributed by atoms with van der Waals surface area (Å²) in [4.78, 5) is 16.8. The van der Waals surface area contributed by atoms with Crippen LogP contribution in [0.1, 0.15) is 45.0 Å². The SMILES string of the molecule is Cc1c2nc(c(C)c3ccc([nH]3)c(C)c3ccc([nH]3)c(C)c3nc1C=C3)C=C2.[Ni]. The third-order valence-corrected chi connectivity index (χ3v) is 5.80. The van der Waals surface area contributed by atoms with E-state index in [1.54, 1.807) is 0 Å². The molecule has 8 bridgehead atoms. The maximum absolute atomic E-state index is 4.86. The molecule has 3 aromatic heterocycles. The quantitative estimate of drug-likeness (QED) is 0.304. The van der Waals surface area contributed by atoms with Crippen molar-refractivity contribution in [3.05, 3.63) is 69.3 Å². The minimum Gasteiger partial charge on any atom is -0.355 e. The molecule has 0 amide bonds. The number of nitrogens with one attached hydrogen (secondary N) is 2. The molecule has 4 nitrogen and oxygen atoms in total. The minimum atomic E-state index is 0. The Balaban J connectivity index is 0.00000205. The molecule has 0 unspecified atom stereocenters. The second-order valence-electron chi connectivity index (χ2n) is 7.50. The normalized spacial score (nSPS) is 12.3. The van der Waals surface area contributed by atoms with Crippen molar-refractivity contribution in [3.63, 3.8) is 0 Å². The van der Waals surface area contributed by atoms with Crippen LogP contribution in [0.25, 0.3) is 46.4 Å². The zero-order chi connectivity index (χ0) is 19.4. The first kappa shape index (κ1) is 19.4. The van der Waals surface area contributed by atoms with E-state index in [-0.39, 0.29) is 16.5 Å². The Morgan fingerprint density at radius 1 is 0.483 bits per heavy atom. The summed E-state index contributed by atoms with van der Waals surface area (Å²) in [6.45, 7) is 8.44. The van der Waals surface area contributed by atoms with Crippen molar-refractivity contribution in [1.82, 2.24) is 19.9 Å². The van der Waals surface area contributed by atoms with E-state index in [9.17, 15) is 0 Å².